The average molecular weight is 253 g/mol. The zero-order chi connectivity index (χ0) is 13.0. The van der Waals surface area contributed by atoms with Crippen molar-refractivity contribution in [2.75, 3.05) is 33.4 Å². The Morgan fingerprint density at radius 1 is 1.44 bits per heavy atom. The molecule has 0 N–H and O–H groups in total. The lowest BCUT2D eigenvalue weighted by Gasteiger charge is -2.32. The van der Waals surface area contributed by atoms with Gasteiger partial charge in [0.25, 0.3) is 0 Å². The lowest BCUT2D eigenvalue weighted by Crippen LogP contribution is -2.42. The van der Waals surface area contributed by atoms with E-state index in [2.05, 4.69) is 0 Å². The molecule has 1 fully saturated rings. The van der Waals surface area contributed by atoms with E-state index in [9.17, 15) is 9.18 Å². The van der Waals surface area contributed by atoms with Gasteiger partial charge in [-0.3, -0.25) is 4.90 Å². The second-order valence-electron chi connectivity index (χ2n) is 4.13. The van der Waals surface area contributed by atoms with Crippen molar-refractivity contribution in [2.24, 2.45) is 0 Å². The summed E-state index contributed by atoms with van der Waals surface area (Å²) in [6.07, 6.45) is 0. The molecule has 1 aliphatic rings. The highest BCUT2D eigenvalue weighted by atomic mass is 19.1. The number of halogens is 1. The van der Waals surface area contributed by atoms with Crippen LogP contribution in [0, 0.1) is 5.82 Å². The minimum atomic E-state index is -0.561. The van der Waals surface area contributed by atoms with Gasteiger partial charge >= 0.3 is 5.97 Å². The number of carbonyl (C=O) groups excluding carboxylic acids is 1. The van der Waals surface area contributed by atoms with Crippen LogP contribution in [0.15, 0.2) is 24.3 Å². The normalized spacial score (nSPS) is 18.3. The van der Waals surface area contributed by atoms with Crippen LogP contribution < -0.4 is 0 Å². The van der Waals surface area contributed by atoms with Crippen molar-refractivity contribution in [3.05, 3.63) is 35.6 Å². The molecule has 0 amide bonds. The van der Waals surface area contributed by atoms with Crippen molar-refractivity contribution in [2.45, 2.75) is 6.04 Å². The van der Waals surface area contributed by atoms with E-state index in [-0.39, 0.29) is 11.8 Å². The van der Waals surface area contributed by atoms with E-state index in [1.807, 2.05) is 4.90 Å². The van der Waals surface area contributed by atoms with E-state index in [0.717, 1.165) is 0 Å². The van der Waals surface area contributed by atoms with Crippen LogP contribution in [-0.4, -0.2) is 44.3 Å². The van der Waals surface area contributed by atoms with Crippen LogP contribution in [0.1, 0.15) is 11.6 Å². The molecule has 0 aromatic heterocycles. The monoisotopic (exact) mass is 253 g/mol. The molecule has 1 heterocycles. The summed E-state index contributed by atoms with van der Waals surface area (Å²) in [6.45, 7) is 2.41. The summed E-state index contributed by atoms with van der Waals surface area (Å²) in [6, 6.07) is 5.50. The molecule has 0 saturated carbocycles. The number of rotatable bonds is 3. The first-order valence-corrected chi connectivity index (χ1v) is 5.87. The van der Waals surface area contributed by atoms with Crippen LogP contribution in [0.5, 0.6) is 0 Å². The Kier molecular flexibility index (Phi) is 4.28. The highest BCUT2D eigenvalue weighted by molar-refractivity contribution is 5.77. The fourth-order valence-corrected chi connectivity index (χ4v) is 2.12. The third-order valence-electron chi connectivity index (χ3n) is 3.00. The maximum Gasteiger partial charge on any atom is 0.327 e. The summed E-state index contributed by atoms with van der Waals surface area (Å²) < 4.78 is 23.3. The largest absolute Gasteiger partial charge is 0.468 e. The third kappa shape index (κ3) is 2.86. The van der Waals surface area contributed by atoms with Gasteiger partial charge in [-0.1, -0.05) is 12.1 Å². The van der Waals surface area contributed by atoms with Crippen LogP contribution in [0.3, 0.4) is 0 Å². The molecule has 18 heavy (non-hydrogen) atoms. The maximum atomic E-state index is 13.3. The summed E-state index contributed by atoms with van der Waals surface area (Å²) in [5.41, 5.74) is 0.615. The van der Waals surface area contributed by atoms with Crippen LogP contribution >= 0.6 is 0 Å². The van der Waals surface area contributed by atoms with Gasteiger partial charge in [0.2, 0.25) is 0 Å². The summed E-state index contributed by atoms with van der Waals surface area (Å²) in [5.74, 6) is -0.725. The third-order valence-corrected chi connectivity index (χ3v) is 3.00. The van der Waals surface area contributed by atoms with E-state index < -0.39 is 6.04 Å². The summed E-state index contributed by atoms with van der Waals surface area (Å²) >= 11 is 0. The second-order valence-corrected chi connectivity index (χ2v) is 4.13. The summed E-state index contributed by atoms with van der Waals surface area (Å²) in [7, 11) is 1.34. The Bertz CT molecular complexity index is 418. The Labute approximate surface area is 105 Å². The highest BCUT2D eigenvalue weighted by Crippen LogP contribution is 2.23. The minimum Gasteiger partial charge on any atom is -0.468 e. The lowest BCUT2D eigenvalue weighted by molar-refractivity contribution is -0.149. The van der Waals surface area contributed by atoms with E-state index in [0.29, 0.717) is 31.9 Å². The number of benzene rings is 1. The number of hydrogen-bond donors (Lipinski definition) is 0. The number of esters is 1. The number of nitrogens with zero attached hydrogens (tertiary/aromatic N) is 1. The average Bonchev–Trinajstić information content (AvgIpc) is 2.40. The van der Waals surface area contributed by atoms with Crippen LogP contribution in [0.25, 0.3) is 0 Å². The van der Waals surface area contributed by atoms with Crippen LogP contribution in [0.2, 0.25) is 0 Å². The lowest BCUT2D eigenvalue weighted by atomic mass is 10.0. The van der Waals surface area contributed by atoms with Gasteiger partial charge < -0.3 is 9.47 Å². The van der Waals surface area contributed by atoms with E-state index >= 15 is 0 Å². The number of methoxy groups -OCH3 is 1. The minimum absolute atomic E-state index is 0.352. The number of hydrogen-bond acceptors (Lipinski definition) is 4. The summed E-state index contributed by atoms with van der Waals surface area (Å²) in [4.78, 5) is 13.8. The molecule has 0 spiro atoms. The molecule has 0 bridgehead atoms. The van der Waals surface area contributed by atoms with Crippen molar-refractivity contribution in [3.63, 3.8) is 0 Å². The standard InChI is InChI=1S/C13H16FNO3/c1-17-13(16)12(15-5-7-18-8-6-15)10-3-2-4-11(14)9-10/h2-4,9,12H,5-8H2,1H3. The molecular formula is C13H16FNO3. The van der Waals surface area contributed by atoms with E-state index in [1.165, 1.54) is 19.2 Å². The van der Waals surface area contributed by atoms with Crippen molar-refractivity contribution in [1.29, 1.82) is 0 Å². The van der Waals surface area contributed by atoms with Crippen molar-refractivity contribution in [1.82, 2.24) is 4.90 Å². The molecule has 98 valence electrons. The summed E-state index contributed by atoms with van der Waals surface area (Å²) in [5, 5.41) is 0. The van der Waals surface area contributed by atoms with Gasteiger partial charge in [-0.25, -0.2) is 9.18 Å². The second kappa shape index (κ2) is 5.93. The molecule has 1 atom stereocenters. The molecule has 1 aromatic carbocycles. The molecule has 0 aliphatic carbocycles. The molecular weight excluding hydrogens is 237 g/mol. The van der Waals surface area contributed by atoms with Crippen molar-refractivity contribution in [3.8, 4) is 0 Å². The molecule has 0 radical (unpaired) electrons. The molecule has 1 saturated heterocycles. The zero-order valence-electron chi connectivity index (χ0n) is 10.3. The Morgan fingerprint density at radius 3 is 2.78 bits per heavy atom. The quantitative estimate of drug-likeness (QED) is 0.763. The van der Waals surface area contributed by atoms with E-state index in [4.69, 9.17) is 9.47 Å². The number of morpholine rings is 1. The maximum absolute atomic E-state index is 13.3. The first-order chi connectivity index (χ1) is 8.72. The van der Waals surface area contributed by atoms with Gasteiger partial charge in [0.15, 0.2) is 0 Å². The topological polar surface area (TPSA) is 38.8 Å². The van der Waals surface area contributed by atoms with Crippen molar-refractivity contribution >= 4 is 5.97 Å². The molecule has 1 aliphatic heterocycles. The molecule has 5 heteroatoms. The van der Waals surface area contributed by atoms with Gasteiger partial charge in [0.05, 0.1) is 20.3 Å². The molecule has 2 rings (SSSR count). The van der Waals surface area contributed by atoms with Crippen LogP contribution in [-0.2, 0) is 14.3 Å². The van der Waals surface area contributed by atoms with Gasteiger partial charge in [-0.05, 0) is 17.7 Å². The molecule has 1 unspecified atom stereocenters. The van der Waals surface area contributed by atoms with Crippen molar-refractivity contribution < 1.29 is 18.7 Å². The van der Waals surface area contributed by atoms with Gasteiger partial charge in [-0.15, -0.1) is 0 Å². The molecule has 1 aromatic rings. The Hall–Kier alpha value is -1.46. The fourth-order valence-electron chi connectivity index (χ4n) is 2.12. The van der Waals surface area contributed by atoms with E-state index in [1.54, 1.807) is 12.1 Å². The SMILES string of the molecule is COC(=O)C(c1cccc(F)c1)N1CCOCC1. The zero-order valence-corrected chi connectivity index (χ0v) is 10.3. The predicted molar refractivity (Wildman–Crippen MR) is 63.5 cm³/mol. The Morgan fingerprint density at radius 2 is 2.17 bits per heavy atom. The first kappa shape index (κ1) is 13.0. The fraction of sp³-hybridized carbons (Fsp3) is 0.462. The molecule has 4 nitrogen and oxygen atoms in total. The first-order valence-electron chi connectivity index (χ1n) is 5.87. The highest BCUT2D eigenvalue weighted by Gasteiger charge is 2.29. The van der Waals surface area contributed by atoms with Gasteiger partial charge in [-0.2, -0.15) is 0 Å². The smallest absolute Gasteiger partial charge is 0.327 e. The number of ether oxygens (including phenoxy) is 2. The number of carbonyl (C=O) groups is 1. The van der Waals surface area contributed by atoms with Crippen LogP contribution in [0.4, 0.5) is 4.39 Å². The van der Waals surface area contributed by atoms with Gasteiger partial charge in [0.1, 0.15) is 11.9 Å². The van der Waals surface area contributed by atoms with Gasteiger partial charge in [0, 0.05) is 13.1 Å². The Balaban J connectivity index is 2.26. The predicted octanol–water partition coefficient (Wildman–Crippen LogP) is 1.37.